The number of carbonyl (C=O) groups excluding carboxylic acids is 1. The van der Waals surface area contributed by atoms with E-state index in [0.29, 0.717) is 18.8 Å². The average molecular weight is 239 g/mol. The Hall–Kier alpha value is -1.62. The van der Waals surface area contributed by atoms with E-state index in [-0.39, 0.29) is 24.0 Å². The molecule has 0 aliphatic carbocycles. The van der Waals surface area contributed by atoms with Gasteiger partial charge in [-0.05, 0) is 12.1 Å². The van der Waals surface area contributed by atoms with Crippen LogP contribution in [0.2, 0.25) is 0 Å². The van der Waals surface area contributed by atoms with E-state index in [4.69, 9.17) is 9.84 Å². The maximum Gasteiger partial charge on any atom is 0.256 e. The minimum absolute atomic E-state index is 0.0437. The third-order valence-electron chi connectivity index (χ3n) is 2.91. The molecule has 0 aromatic heterocycles. The molecule has 5 heteroatoms. The molecule has 17 heavy (non-hydrogen) atoms. The largest absolute Gasteiger partial charge is 0.497 e. The highest BCUT2D eigenvalue weighted by Gasteiger charge is 2.31. The smallest absolute Gasteiger partial charge is 0.256 e. The number of likely N-dealkylation sites (tertiary alicyclic amines) is 1. The van der Waals surface area contributed by atoms with Gasteiger partial charge in [0.2, 0.25) is 0 Å². The van der Waals surface area contributed by atoms with Crippen LogP contribution in [0.15, 0.2) is 18.2 Å². The highest BCUT2D eigenvalue weighted by Crippen LogP contribution is 2.22. The zero-order valence-electron chi connectivity index (χ0n) is 9.52. The van der Waals surface area contributed by atoms with Gasteiger partial charge in [0, 0.05) is 31.7 Å². The Bertz CT molecular complexity index is 430. The maximum absolute atomic E-state index is 13.6. The molecule has 1 aliphatic heterocycles. The number of aliphatic hydroxyl groups is 1. The topological polar surface area (TPSA) is 49.8 Å². The molecule has 92 valence electrons. The first-order valence-electron chi connectivity index (χ1n) is 5.39. The third kappa shape index (κ3) is 2.24. The van der Waals surface area contributed by atoms with Crippen LogP contribution in [-0.4, -0.2) is 42.7 Å². The fourth-order valence-corrected chi connectivity index (χ4v) is 1.82. The molecule has 0 unspecified atom stereocenters. The van der Waals surface area contributed by atoms with Crippen molar-refractivity contribution in [2.45, 2.75) is 0 Å². The van der Waals surface area contributed by atoms with Crippen molar-refractivity contribution in [2.75, 3.05) is 26.8 Å². The average Bonchev–Trinajstić information content (AvgIpc) is 2.27. The summed E-state index contributed by atoms with van der Waals surface area (Å²) in [7, 11) is 1.44. The molecule has 1 heterocycles. The van der Waals surface area contributed by atoms with Gasteiger partial charge < -0.3 is 14.7 Å². The number of amides is 1. The number of benzene rings is 1. The predicted octanol–water partition coefficient (Wildman–Crippen LogP) is 0.899. The van der Waals surface area contributed by atoms with Gasteiger partial charge in [-0.25, -0.2) is 4.39 Å². The van der Waals surface area contributed by atoms with Crippen LogP contribution in [0.5, 0.6) is 5.75 Å². The molecule has 0 saturated carbocycles. The Morgan fingerprint density at radius 3 is 2.82 bits per heavy atom. The second-order valence-corrected chi connectivity index (χ2v) is 4.10. The first-order valence-corrected chi connectivity index (χ1v) is 5.39. The van der Waals surface area contributed by atoms with Gasteiger partial charge in [0.15, 0.2) is 0 Å². The summed E-state index contributed by atoms with van der Waals surface area (Å²) in [6, 6.07) is 4.17. The SMILES string of the molecule is COc1ccc(C(=O)N2CC(CO)C2)c(F)c1. The van der Waals surface area contributed by atoms with Gasteiger partial charge in [-0.1, -0.05) is 0 Å². The monoisotopic (exact) mass is 239 g/mol. The number of hydrogen-bond acceptors (Lipinski definition) is 3. The minimum atomic E-state index is -0.582. The molecule has 0 spiro atoms. The van der Waals surface area contributed by atoms with Gasteiger partial charge in [0.1, 0.15) is 11.6 Å². The van der Waals surface area contributed by atoms with Crippen molar-refractivity contribution in [1.82, 2.24) is 4.90 Å². The number of aliphatic hydroxyl groups excluding tert-OH is 1. The van der Waals surface area contributed by atoms with Gasteiger partial charge in [-0.2, -0.15) is 0 Å². The maximum atomic E-state index is 13.6. The van der Waals surface area contributed by atoms with Crippen LogP contribution in [0, 0.1) is 11.7 Å². The molecule has 0 atom stereocenters. The van der Waals surface area contributed by atoms with Crippen molar-refractivity contribution in [3.05, 3.63) is 29.6 Å². The van der Waals surface area contributed by atoms with Crippen molar-refractivity contribution >= 4 is 5.91 Å². The Morgan fingerprint density at radius 2 is 2.29 bits per heavy atom. The summed E-state index contributed by atoms with van der Waals surface area (Å²) in [4.78, 5) is 13.4. The van der Waals surface area contributed by atoms with Crippen LogP contribution in [0.3, 0.4) is 0 Å². The van der Waals surface area contributed by atoms with E-state index in [1.807, 2.05) is 0 Å². The van der Waals surface area contributed by atoms with E-state index < -0.39 is 5.82 Å². The van der Waals surface area contributed by atoms with E-state index in [2.05, 4.69) is 0 Å². The molecule has 1 aromatic carbocycles. The van der Waals surface area contributed by atoms with Gasteiger partial charge in [0.25, 0.3) is 5.91 Å². The van der Waals surface area contributed by atoms with E-state index >= 15 is 0 Å². The van der Waals surface area contributed by atoms with Gasteiger partial charge in [-0.3, -0.25) is 4.79 Å². The van der Waals surface area contributed by atoms with Crippen LogP contribution in [0.25, 0.3) is 0 Å². The number of carbonyl (C=O) groups is 1. The molecular weight excluding hydrogens is 225 g/mol. The Morgan fingerprint density at radius 1 is 1.59 bits per heavy atom. The van der Waals surface area contributed by atoms with Crippen LogP contribution in [-0.2, 0) is 0 Å². The lowest BCUT2D eigenvalue weighted by atomic mass is 10.00. The minimum Gasteiger partial charge on any atom is -0.497 e. The summed E-state index contributed by atoms with van der Waals surface area (Å²) in [5.74, 6) is -0.409. The van der Waals surface area contributed by atoms with Gasteiger partial charge in [0.05, 0.1) is 12.7 Å². The molecule has 1 aliphatic rings. The lowest BCUT2D eigenvalue weighted by molar-refractivity contribution is 0.0358. The molecule has 1 aromatic rings. The summed E-state index contributed by atoms with van der Waals surface area (Å²) in [6.45, 7) is 1.04. The lowest BCUT2D eigenvalue weighted by Gasteiger charge is -2.38. The first kappa shape index (κ1) is 11.9. The normalized spacial score (nSPS) is 15.6. The Balaban J connectivity index is 2.10. The fraction of sp³-hybridized carbons (Fsp3) is 0.417. The van der Waals surface area contributed by atoms with Crippen molar-refractivity contribution in [2.24, 2.45) is 5.92 Å². The zero-order valence-corrected chi connectivity index (χ0v) is 9.52. The van der Waals surface area contributed by atoms with Crippen molar-refractivity contribution in [3.63, 3.8) is 0 Å². The highest BCUT2D eigenvalue weighted by atomic mass is 19.1. The van der Waals surface area contributed by atoms with E-state index in [9.17, 15) is 9.18 Å². The van der Waals surface area contributed by atoms with Crippen LogP contribution in [0.4, 0.5) is 4.39 Å². The van der Waals surface area contributed by atoms with Crippen molar-refractivity contribution < 1.29 is 19.0 Å². The summed E-state index contributed by atoms with van der Waals surface area (Å²) >= 11 is 0. The lowest BCUT2D eigenvalue weighted by Crippen LogP contribution is -2.51. The molecule has 1 N–H and O–H groups in total. The summed E-state index contributed by atoms with van der Waals surface area (Å²) in [5.41, 5.74) is 0.0437. The van der Waals surface area contributed by atoms with E-state index in [0.717, 1.165) is 0 Å². The molecule has 2 rings (SSSR count). The first-order chi connectivity index (χ1) is 8.15. The third-order valence-corrected chi connectivity index (χ3v) is 2.91. The van der Waals surface area contributed by atoms with E-state index in [1.165, 1.54) is 24.1 Å². The zero-order chi connectivity index (χ0) is 12.4. The van der Waals surface area contributed by atoms with Gasteiger partial charge >= 0.3 is 0 Å². The van der Waals surface area contributed by atoms with E-state index in [1.54, 1.807) is 6.07 Å². The number of hydrogen-bond donors (Lipinski definition) is 1. The molecule has 4 nitrogen and oxygen atoms in total. The quantitative estimate of drug-likeness (QED) is 0.852. The summed E-state index contributed by atoms with van der Waals surface area (Å²) in [5, 5.41) is 8.85. The second-order valence-electron chi connectivity index (χ2n) is 4.10. The van der Waals surface area contributed by atoms with Crippen LogP contribution in [0.1, 0.15) is 10.4 Å². The molecule has 1 saturated heterocycles. The van der Waals surface area contributed by atoms with Gasteiger partial charge in [-0.15, -0.1) is 0 Å². The van der Waals surface area contributed by atoms with Crippen molar-refractivity contribution in [1.29, 1.82) is 0 Å². The molecular formula is C12H14FNO3. The molecule has 1 amide bonds. The highest BCUT2D eigenvalue weighted by molar-refractivity contribution is 5.95. The molecule has 0 radical (unpaired) electrons. The Labute approximate surface area is 98.6 Å². The number of methoxy groups -OCH3 is 1. The van der Waals surface area contributed by atoms with Crippen LogP contribution < -0.4 is 4.74 Å². The number of rotatable bonds is 3. The summed E-state index contributed by atoms with van der Waals surface area (Å²) in [6.07, 6.45) is 0. The van der Waals surface area contributed by atoms with Crippen molar-refractivity contribution in [3.8, 4) is 5.75 Å². The summed E-state index contributed by atoms with van der Waals surface area (Å²) < 4.78 is 18.5. The standard InChI is InChI=1S/C12H14FNO3/c1-17-9-2-3-10(11(13)4-9)12(16)14-5-8(6-14)7-15/h2-4,8,15H,5-7H2,1H3. The number of halogens is 1. The van der Waals surface area contributed by atoms with Crippen LogP contribution >= 0.6 is 0 Å². The second kappa shape index (κ2) is 4.71. The Kier molecular flexibility index (Phi) is 3.28. The molecule has 0 bridgehead atoms. The number of ether oxygens (including phenoxy) is 1. The predicted molar refractivity (Wildman–Crippen MR) is 59.4 cm³/mol. The molecule has 1 fully saturated rings. The number of nitrogens with zero attached hydrogens (tertiary/aromatic N) is 1. The fourth-order valence-electron chi connectivity index (χ4n) is 1.82.